The fourth-order valence-corrected chi connectivity index (χ4v) is 4.38. The Labute approximate surface area is 192 Å². The van der Waals surface area contributed by atoms with Crippen LogP contribution in [0.4, 0.5) is 0 Å². The van der Waals surface area contributed by atoms with E-state index in [1.165, 1.54) is 18.2 Å². The Morgan fingerprint density at radius 3 is 2.19 bits per heavy atom. The lowest BCUT2D eigenvalue weighted by Gasteiger charge is -2.12. The molecule has 4 N–H and O–H groups in total. The van der Waals surface area contributed by atoms with E-state index < -0.39 is 33.2 Å². The molecule has 9 heteroatoms. The molecule has 1 atom stereocenters. The molecule has 0 aliphatic carbocycles. The third-order valence-corrected chi connectivity index (χ3v) is 6.62. The Kier molecular flexibility index (Phi) is 8.80. The van der Waals surface area contributed by atoms with Crippen LogP contribution >= 0.6 is 12.4 Å². The molecule has 0 heterocycles. The second kappa shape index (κ2) is 11.1. The quantitative estimate of drug-likeness (QED) is 0.349. The largest absolute Gasteiger partial charge is 0.507 e. The monoisotopic (exact) mass is 477 g/mol. The Morgan fingerprint density at radius 2 is 1.56 bits per heavy atom. The van der Waals surface area contributed by atoms with Crippen LogP contribution in [0.5, 0.6) is 5.75 Å². The lowest BCUT2D eigenvalue weighted by atomic mass is 10.1. The zero-order valence-corrected chi connectivity index (χ0v) is 18.6. The molecule has 7 nitrogen and oxygen atoms in total. The lowest BCUT2D eigenvalue weighted by Crippen LogP contribution is -2.23. The van der Waals surface area contributed by atoms with Crippen LogP contribution in [0, 0.1) is 0 Å². The normalized spacial score (nSPS) is 12.0. The summed E-state index contributed by atoms with van der Waals surface area (Å²) in [6, 6.07) is 18.9. The van der Waals surface area contributed by atoms with E-state index in [4.69, 9.17) is 5.11 Å². The number of phenols is 1. The highest BCUT2D eigenvalue weighted by atomic mass is 35.5. The standard InChI is InChI=1S/C23H23NO6S.ClH/c25-21-11-10-19(14-20(21)23(27)28)31(29,30)18-8-6-16(7-9-18)12-13-24-15-22(26)17-4-2-1-3-5-17;/h1-11,14,22,24-26H,12-13,15H2,(H,27,28);1H/t22-;/m0./s1. The highest BCUT2D eigenvalue weighted by Gasteiger charge is 2.21. The van der Waals surface area contributed by atoms with Crippen LogP contribution in [-0.2, 0) is 16.3 Å². The highest BCUT2D eigenvalue weighted by molar-refractivity contribution is 7.91. The Hall–Kier alpha value is -2.91. The molecular weight excluding hydrogens is 454 g/mol. The molecule has 0 spiro atoms. The van der Waals surface area contributed by atoms with Crippen LogP contribution in [0.3, 0.4) is 0 Å². The SMILES string of the molecule is Cl.O=C(O)c1cc(S(=O)(=O)c2ccc(CCNC[C@H](O)c3ccccc3)cc2)ccc1O. The molecule has 0 saturated heterocycles. The smallest absolute Gasteiger partial charge is 0.339 e. The Morgan fingerprint density at radius 1 is 0.938 bits per heavy atom. The van der Waals surface area contributed by atoms with Crippen molar-refractivity contribution in [3.63, 3.8) is 0 Å². The van der Waals surface area contributed by atoms with Gasteiger partial charge in [-0.3, -0.25) is 0 Å². The first kappa shape index (κ1) is 25.4. The molecule has 3 rings (SSSR count). The van der Waals surface area contributed by atoms with Gasteiger partial charge in [-0.2, -0.15) is 0 Å². The number of halogens is 1. The maximum atomic E-state index is 12.8. The van der Waals surface area contributed by atoms with E-state index in [2.05, 4.69) is 5.32 Å². The maximum Gasteiger partial charge on any atom is 0.339 e. The van der Waals surface area contributed by atoms with Gasteiger partial charge in [-0.05, 0) is 54.4 Å². The maximum absolute atomic E-state index is 12.8. The Balaban J connectivity index is 0.00000363. The van der Waals surface area contributed by atoms with Gasteiger partial charge in [0.05, 0.1) is 15.9 Å². The van der Waals surface area contributed by atoms with Gasteiger partial charge in [-0.1, -0.05) is 42.5 Å². The fraction of sp³-hybridized carbons (Fsp3) is 0.174. The summed E-state index contributed by atoms with van der Waals surface area (Å²) in [6.45, 7) is 1.01. The van der Waals surface area contributed by atoms with Gasteiger partial charge in [0.15, 0.2) is 0 Å². The van der Waals surface area contributed by atoms with Crippen LogP contribution in [-0.4, -0.2) is 42.8 Å². The van der Waals surface area contributed by atoms with E-state index in [9.17, 15) is 23.4 Å². The summed E-state index contributed by atoms with van der Waals surface area (Å²) in [5.41, 5.74) is 1.28. The first-order valence-corrected chi connectivity index (χ1v) is 11.1. The van der Waals surface area contributed by atoms with Crippen LogP contribution in [0.15, 0.2) is 82.6 Å². The molecule has 0 amide bonds. The van der Waals surface area contributed by atoms with Crippen molar-refractivity contribution in [1.29, 1.82) is 0 Å². The third-order valence-electron chi connectivity index (χ3n) is 4.85. The fourth-order valence-electron chi connectivity index (χ4n) is 3.09. The summed E-state index contributed by atoms with van der Waals surface area (Å²) in [4.78, 5) is 11.0. The van der Waals surface area contributed by atoms with Crippen molar-refractivity contribution in [3.05, 3.63) is 89.5 Å². The molecule has 32 heavy (non-hydrogen) atoms. The predicted octanol–water partition coefficient (Wildman–Crippen LogP) is 3.21. The molecule has 170 valence electrons. The van der Waals surface area contributed by atoms with Crippen LogP contribution < -0.4 is 5.32 Å². The van der Waals surface area contributed by atoms with Crippen molar-refractivity contribution in [2.24, 2.45) is 0 Å². The number of hydrogen-bond donors (Lipinski definition) is 4. The van der Waals surface area contributed by atoms with Gasteiger partial charge in [0.2, 0.25) is 9.84 Å². The molecule has 0 unspecified atom stereocenters. The van der Waals surface area contributed by atoms with Crippen molar-refractivity contribution in [3.8, 4) is 5.75 Å². The number of aliphatic hydroxyl groups is 1. The molecular formula is C23H24ClNO6S. The minimum absolute atomic E-state index is 0. The van der Waals surface area contributed by atoms with Crippen molar-refractivity contribution in [2.45, 2.75) is 22.3 Å². The molecule has 0 aromatic heterocycles. The lowest BCUT2D eigenvalue weighted by molar-refractivity contribution is 0.0693. The number of aromatic hydroxyl groups is 1. The zero-order chi connectivity index (χ0) is 22.4. The summed E-state index contributed by atoms with van der Waals surface area (Å²) >= 11 is 0. The highest BCUT2D eigenvalue weighted by Crippen LogP contribution is 2.26. The van der Waals surface area contributed by atoms with E-state index in [1.54, 1.807) is 12.1 Å². The molecule has 3 aromatic carbocycles. The van der Waals surface area contributed by atoms with Gasteiger partial charge in [0, 0.05) is 6.54 Å². The van der Waals surface area contributed by atoms with Crippen molar-refractivity contribution >= 4 is 28.2 Å². The average Bonchev–Trinajstić information content (AvgIpc) is 2.77. The van der Waals surface area contributed by atoms with Crippen LogP contribution in [0.1, 0.15) is 27.6 Å². The molecule has 0 radical (unpaired) electrons. The summed E-state index contributed by atoms with van der Waals surface area (Å²) in [7, 11) is -3.92. The Bertz CT molecular complexity index is 1150. The van der Waals surface area contributed by atoms with Gasteiger partial charge < -0.3 is 20.6 Å². The van der Waals surface area contributed by atoms with Gasteiger partial charge in [-0.15, -0.1) is 12.4 Å². The predicted molar refractivity (Wildman–Crippen MR) is 122 cm³/mol. The number of nitrogens with one attached hydrogen (secondary N) is 1. The number of rotatable bonds is 9. The average molecular weight is 478 g/mol. The number of carboxylic acids is 1. The number of benzene rings is 3. The number of hydrogen-bond acceptors (Lipinski definition) is 6. The second-order valence-corrected chi connectivity index (χ2v) is 8.96. The molecule has 0 saturated carbocycles. The minimum Gasteiger partial charge on any atom is -0.507 e. The number of sulfone groups is 1. The second-order valence-electron chi connectivity index (χ2n) is 7.01. The van der Waals surface area contributed by atoms with Crippen molar-refractivity contribution in [1.82, 2.24) is 5.32 Å². The van der Waals surface area contributed by atoms with E-state index in [-0.39, 0.29) is 22.2 Å². The summed E-state index contributed by atoms with van der Waals surface area (Å²) in [6.07, 6.45) is 0.0410. The molecule has 0 aliphatic heterocycles. The van der Waals surface area contributed by atoms with Gasteiger partial charge in [0.1, 0.15) is 11.3 Å². The molecule has 0 fully saturated rings. The number of carbonyl (C=O) groups is 1. The third kappa shape index (κ3) is 6.08. The van der Waals surface area contributed by atoms with Crippen LogP contribution in [0.2, 0.25) is 0 Å². The van der Waals surface area contributed by atoms with E-state index >= 15 is 0 Å². The minimum atomic E-state index is -3.92. The number of aliphatic hydroxyl groups excluding tert-OH is 1. The van der Waals surface area contributed by atoms with E-state index in [0.29, 0.717) is 19.5 Å². The first-order chi connectivity index (χ1) is 14.8. The van der Waals surface area contributed by atoms with Gasteiger partial charge in [-0.25, -0.2) is 13.2 Å². The molecule has 0 aliphatic rings. The number of carboxylic acid groups (broad SMARTS) is 1. The summed E-state index contributed by atoms with van der Waals surface area (Å²) in [5.74, 6) is -1.90. The zero-order valence-electron chi connectivity index (χ0n) is 17.0. The van der Waals surface area contributed by atoms with Crippen LogP contribution in [0.25, 0.3) is 0 Å². The van der Waals surface area contributed by atoms with E-state index in [0.717, 1.165) is 23.3 Å². The molecule has 0 bridgehead atoms. The summed E-state index contributed by atoms with van der Waals surface area (Å²) < 4.78 is 25.6. The van der Waals surface area contributed by atoms with Crippen molar-refractivity contribution < 1.29 is 28.5 Å². The van der Waals surface area contributed by atoms with Crippen molar-refractivity contribution in [2.75, 3.05) is 13.1 Å². The number of aromatic carboxylic acids is 1. The summed E-state index contributed by atoms with van der Waals surface area (Å²) in [5, 5.41) is 32.0. The van der Waals surface area contributed by atoms with Gasteiger partial charge >= 0.3 is 5.97 Å². The topological polar surface area (TPSA) is 124 Å². The molecule has 3 aromatic rings. The van der Waals surface area contributed by atoms with E-state index in [1.807, 2.05) is 30.3 Å². The first-order valence-electron chi connectivity index (χ1n) is 9.63. The van der Waals surface area contributed by atoms with Gasteiger partial charge in [0.25, 0.3) is 0 Å².